The minimum absolute atomic E-state index is 0.0847. The lowest BCUT2D eigenvalue weighted by atomic mass is 10.1. The van der Waals surface area contributed by atoms with E-state index in [4.69, 9.17) is 5.11 Å². The number of aliphatic carboxylic acids is 1. The van der Waals surface area contributed by atoms with Crippen LogP contribution in [-0.2, 0) is 11.0 Å². The SMILES string of the molecule is CC(C)(NC(=O)Nc1cccc(C(F)(F)F)c1)C(=O)O. The van der Waals surface area contributed by atoms with Crippen LogP contribution in [0.1, 0.15) is 19.4 Å². The zero-order valence-corrected chi connectivity index (χ0v) is 10.7. The first-order valence-electron chi connectivity index (χ1n) is 5.52. The third-order valence-electron chi connectivity index (χ3n) is 2.41. The van der Waals surface area contributed by atoms with Crippen molar-refractivity contribution in [1.29, 1.82) is 0 Å². The van der Waals surface area contributed by atoms with Gasteiger partial charge in [0.05, 0.1) is 5.56 Å². The van der Waals surface area contributed by atoms with Crippen molar-refractivity contribution in [2.24, 2.45) is 0 Å². The molecule has 110 valence electrons. The Labute approximate surface area is 112 Å². The Morgan fingerprint density at radius 3 is 2.30 bits per heavy atom. The highest BCUT2D eigenvalue weighted by atomic mass is 19.4. The smallest absolute Gasteiger partial charge is 0.416 e. The van der Waals surface area contributed by atoms with Crippen molar-refractivity contribution in [2.75, 3.05) is 5.32 Å². The molecule has 1 rings (SSSR count). The third-order valence-corrected chi connectivity index (χ3v) is 2.41. The highest BCUT2D eigenvalue weighted by Crippen LogP contribution is 2.30. The van der Waals surface area contributed by atoms with Crippen LogP contribution in [-0.4, -0.2) is 22.6 Å². The van der Waals surface area contributed by atoms with Crippen LogP contribution in [0.15, 0.2) is 24.3 Å². The summed E-state index contributed by atoms with van der Waals surface area (Å²) in [5.74, 6) is -1.27. The number of anilines is 1. The van der Waals surface area contributed by atoms with E-state index in [1.807, 2.05) is 0 Å². The number of amides is 2. The van der Waals surface area contributed by atoms with Gasteiger partial charge in [-0.1, -0.05) is 6.07 Å². The third kappa shape index (κ3) is 4.15. The minimum Gasteiger partial charge on any atom is -0.480 e. The maximum Gasteiger partial charge on any atom is 0.416 e. The molecule has 0 heterocycles. The van der Waals surface area contributed by atoms with Crippen LogP contribution in [0.25, 0.3) is 0 Å². The van der Waals surface area contributed by atoms with Crippen molar-refractivity contribution in [1.82, 2.24) is 5.32 Å². The van der Waals surface area contributed by atoms with Gasteiger partial charge in [0.1, 0.15) is 5.54 Å². The van der Waals surface area contributed by atoms with Crippen molar-refractivity contribution >= 4 is 17.7 Å². The Morgan fingerprint density at radius 2 is 1.80 bits per heavy atom. The number of rotatable bonds is 3. The van der Waals surface area contributed by atoms with Crippen LogP contribution >= 0.6 is 0 Å². The van der Waals surface area contributed by atoms with E-state index >= 15 is 0 Å². The Balaban J connectivity index is 2.80. The molecule has 1 aromatic rings. The zero-order chi connectivity index (χ0) is 15.6. The first kappa shape index (κ1) is 15.8. The lowest BCUT2D eigenvalue weighted by molar-refractivity contribution is -0.143. The molecular weight excluding hydrogens is 277 g/mol. The number of carboxylic acid groups (broad SMARTS) is 1. The summed E-state index contributed by atoms with van der Waals surface area (Å²) in [4.78, 5) is 22.3. The molecule has 0 aliphatic heterocycles. The molecule has 2 amide bonds. The number of carboxylic acids is 1. The van der Waals surface area contributed by atoms with Crippen LogP contribution in [0.5, 0.6) is 0 Å². The molecule has 0 unspecified atom stereocenters. The van der Waals surface area contributed by atoms with Gasteiger partial charge in [0.2, 0.25) is 0 Å². The molecule has 0 radical (unpaired) electrons. The van der Waals surface area contributed by atoms with Gasteiger partial charge in [-0.15, -0.1) is 0 Å². The molecule has 1 aromatic carbocycles. The topological polar surface area (TPSA) is 78.4 Å². The minimum atomic E-state index is -4.52. The molecule has 5 nitrogen and oxygen atoms in total. The van der Waals surface area contributed by atoms with Gasteiger partial charge in [-0.3, -0.25) is 0 Å². The van der Waals surface area contributed by atoms with Gasteiger partial charge in [-0.05, 0) is 32.0 Å². The maximum atomic E-state index is 12.5. The van der Waals surface area contributed by atoms with E-state index in [9.17, 15) is 22.8 Å². The van der Waals surface area contributed by atoms with Gasteiger partial charge in [0.25, 0.3) is 0 Å². The van der Waals surface area contributed by atoms with Gasteiger partial charge in [0.15, 0.2) is 0 Å². The van der Waals surface area contributed by atoms with Crippen molar-refractivity contribution in [2.45, 2.75) is 25.6 Å². The second-order valence-corrected chi connectivity index (χ2v) is 4.59. The zero-order valence-electron chi connectivity index (χ0n) is 10.7. The number of nitrogens with one attached hydrogen (secondary N) is 2. The monoisotopic (exact) mass is 290 g/mol. The first-order valence-corrected chi connectivity index (χ1v) is 5.52. The molecule has 0 saturated heterocycles. The summed E-state index contributed by atoms with van der Waals surface area (Å²) in [5.41, 5.74) is -2.53. The number of carbonyl (C=O) groups excluding carboxylic acids is 1. The van der Waals surface area contributed by atoms with Gasteiger partial charge in [-0.25, -0.2) is 9.59 Å². The molecule has 0 aromatic heterocycles. The molecule has 0 fully saturated rings. The average molecular weight is 290 g/mol. The van der Waals surface area contributed by atoms with Crippen LogP contribution < -0.4 is 10.6 Å². The number of urea groups is 1. The second-order valence-electron chi connectivity index (χ2n) is 4.59. The molecule has 20 heavy (non-hydrogen) atoms. The quantitative estimate of drug-likeness (QED) is 0.800. The van der Waals surface area contributed by atoms with E-state index in [0.717, 1.165) is 18.2 Å². The van der Waals surface area contributed by atoms with Gasteiger partial charge < -0.3 is 15.7 Å². The highest BCUT2D eigenvalue weighted by molar-refractivity contribution is 5.93. The molecule has 8 heteroatoms. The Hall–Kier alpha value is -2.25. The standard InChI is InChI=1S/C12H13F3N2O3/c1-11(2,9(18)19)17-10(20)16-8-5-3-4-7(6-8)12(13,14)15/h3-6H,1-2H3,(H,18,19)(H2,16,17,20). The first-order chi connectivity index (χ1) is 9.02. The number of hydrogen-bond acceptors (Lipinski definition) is 2. The summed E-state index contributed by atoms with van der Waals surface area (Å²) in [6, 6.07) is 3.12. The summed E-state index contributed by atoms with van der Waals surface area (Å²) in [6.45, 7) is 2.50. The number of hydrogen-bond donors (Lipinski definition) is 3. The molecule has 0 bridgehead atoms. The van der Waals surface area contributed by atoms with Gasteiger partial charge >= 0.3 is 18.2 Å². The molecule has 0 saturated carbocycles. The van der Waals surface area contributed by atoms with E-state index in [-0.39, 0.29) is 5.69 Å². The van der Waals surface area contributed by atoms with Crippen molar-refractivity contribution in [3.05, 3.63) is 29.8 Å². The Bertz CT molecular complexity index is 527. The van der Waals surface area contributed by atoms with E-state index < -0.39 is 29.3 Å². The molecule has 0 spiro atoms. The number of halogens is 3. The summed E-state index contributed by atoms with van der Waals surface area (Å²) in [7, 11) is 0. The van der Waals surface area contributed by atoms with E-state index in [1.54, 1.807) is 0 Å². The molecule has 0 aliphatic carbocycles. The summed E-state index contributed by atoms with van der Waals surface area (Å²) >= 11 is 0. The van der Waals surface area contributed by atoms with Crippen LogP contribution in [0.2, 0.25) is 0 Å². The fourth-order valence-electron chi connectivity index (χ4n) is 1.27. The molecule has 3 N–H and O–H groups in total. The summed E-state index contributed by atoms with van der Waals surface area (Å²) < 4.78 is 37.4. The average Bonchev–Trinajstić information content (AvgIpc) is 2.26. The van der Waals surface area contributed by atoms with Crippen molar-refractivity contribution in [3.8, 4) is 0 Å². The summed E-state index contributed by atoms with van der Waals surface area (Å²) in [5, 5.41) is 13.1. The predicted molar refractivity (Wildman–Crippen MR) is 65.3 cm³/mol. The largest absolute Gasteiger partial charge is 0.480 e. The predicted octanol–water partition coefficient (Wildman–Crippen LogP) is 2.69. The van der Waals surface area contributed by atoms with Crippen molar-refractivity contribution in [3.63, 3.8) is 0 Å². The van der Waals surface area contributed by atoms with Crippen LogP contribution in [0.3, 0.4) is 0 Å². The van der Waals surface area contributed by atoms with Crippen LogP contribution in [0, 0.1) is 0 Å². The number of alkyl halides is 3. The van der Waals surface area contributed by atoms with Gasteiger partial charge in [-0.2, -0.15) is 13.2 Å². The second kappa shape index (κ2) is 5.40. The molecular formula is C12H13F3N2O3. The normalized spacial score (nSPS) is 11.8. The Kier molecular flexibility index (Phi) is 4.26. The molecule has 0 aliphatic rings. The summed E-state index contributed by atoms with van der Waals surface area (Å²) in [6.07, 6.45) is -4.52. The fourth-order valence-corrected chi connectivity index (χ4v) is 1.27. The maximum absolute atomic E-state index is 12.5. The Morgan fingerprint density at radius 1 is 1.20 bits per heavy atom. The fraction of sp³-hybridized carbons (Fsp3) is 0.333. The lowest BCUT2D eigenvalue weighted by Gasteiger charge is -2.21. The van der Waals surface area contributed by atoms with E-state index in [0.29, 0.717) is 0 Å². The van der Waals surface area contributed by atoms with Crippen molar-refractivity contribution < 1.29 is 27.9 Å². The van der Waals surface area contributed by atoms with Gasteiger partial charge in [0, 0.05) is 5.69 Å². The number of carbonyl (C=O) groups is 2. The lowest BCUT2D eigenvalue weighted by Crippen LogP contribution is -2.51. The van der Waals surface area contributed by atoms with Crippen LogP contribution in [0.4, 0.5) is 23.7 Å². The van der Waals surface area contributed by atoms with E-state index in [1.165, 1.54) is 19.9 Å². The molecule has 0 atom stereocenters. The highest BCUT2D eigenvalue weighted by Gasteiger charge is 2.31. The van der Waals surface area contributed by atoms with E-state index in [2.05, 4.69) is 10.6 Å². The number of benzene rings is 1.